The van der Waals surface area contributed by atoms with E-state index in [2.05, 4.69) is 31.1 Å². The molecule has 1 aromatic heterocycles. The van der Waals surface area contributed by atoms with E-state index in [0.29, 0.717) is 5.92 Å². The third-order valence-electron chi connectivity index (χ3n) is 3.40. The van der Waals surface area contributed by atoms with Crippen molar-refractivity contribution in [1.82, 2.24) is 10.3 Å². The largest absolute Gasteiger partial charge is 0.361 e. The summed E-state index contributed by atoms with van der Waals surface area (Å²) in [6, 6.07) is 7.93. The summed E-state index contributed by atoms with van der Waals surface area (Å²) >= 11 is 0. The maximum Gasteiger partial charge on any atom is 0.252 e. The van der Waals surface area contributed by atoms with E-state index in [9.17, 15) is 4.79 Å². The summed E-state index contributed by atoms with van der Waals surface area (Å²) in [4.78, 5) is 15.4. The minimum Gasteiger partial charge on any atom is -0.361 e. The summed E-state index contributed by atoms with van der Waals surface area (Å²) in [6.07, 6.45) is 2.81. The molecular formula is C15H20N2O. The van der Waals surface area contributed by atoms with Crippen LogP contribution in [0.15, 0.2) is 30.5 Å². The van der Waals surface area contributed by atoms with Crippen LogP contribution in [0.25, 0.3) is 10.9 Å². The van der Waals surface area contributed by atoms with Gasteiger partial charge in [-0.25, -0.2) is 0 Å². The van der Waals surface area contributed by atoms with Gasteiger partial charge >= 0.3 is 0 Å². The summed E-state index contributed by atoms with van der Waals surface area (Å²) in [6.45, 7) is 6.36. The van der Waals surface area contributed by atoms with E-state index in [1.807, 2.05) is 30.5 Å². The molecular weight excluding hydrogens is 224 g/mol. The first-order valence-corrected chi connectivity index (χ1v) is 6.50. The van der Waals surface area contributed by atoms with Crippen molar-refractivity contribution in [2.24, 2.45) is 5.92 Å². The molecule has 0 spiro atoms. The number of carbonyl (C=O) groups excluding carboxylic acids is 1. The van der Waals surface area contributed by atoms with Gasteiger partial charge in [-0.2, -0.15) is 0 Å². The van der Waals surface area contributed by atoms with Gasteiger partial charge in [-0.15, -0.1) is 0 Å². The molecule has 1 unspecified atom stereocenters. The number of hydrogen-bond acceptors (Lipinski definition) is 1. The molecule has 0 radical (unpaired) electrons. The first-order chi connectivity index (χ1) is 8.63. The van der Waals surface area contributed by atoms with Crippen LogP contribution in [0.3, 0.4) is 0 Å². The zero-order valence-electron chi connectivity index (χ0n) is 11.2. The van der Waals surface area contributed by atoms with Crippen LogP contribution in [0.4, 0.5) is 0 Å². The van der Waals surface area contributed by atoms with E-state index < -0.39 is 0 Å². The topological polar surface area (TPSA) is 44.9 Å². The summed E-state index contributed by atoms with van der Waals surface area (Å²) in [5.41, 5.74) is 1.74. The Balaban J connectivity index is 2.26. The molecule has 18 heavy (non-hydrogen) atoms. The quantitative estimate of drug-likeness (QED) is 0.851. The van der Waals surface area contributed by atoms with Gasteiger partial charge in [0, 0.05) is 28.7 Å². The highest BCUT2D eigenvalue weighted by Crippen LogP contribution is 2.18. The molecule has 0 aliphatic carbocycles. The van der Waals surface area contributed by atoms with E-state index in [4.69, 9.17) is 0 Å². The van der Waals surface area contributed by atoms with Crippen LogP contribution >= 0.6 is 0 Å². The van der Waals surface area contributed by atoms with Gasteiger partial charge in [0.05, 0.1) is 0 Å². The number of rotatable bonds is 4. The normalized spacial score (nSPS) is 12.9. The monoisotopic (exact) mass is 244 g/mol. The Morgan fingerprint density at radius 3 is 2.78 bits per heavy atom. The maximum atomic E-state index is 12.3. The lowest BCUT2D eigenvalue weighted by Crippen LogP contribution is -2.38. The summed E-state index contributed by atoms with van der Waals surface area (Å²) in [5, 5.41) is 4.09. The molecule has 0 aliphatic heterocycles. The molecule has 2 N–H and O–H groups in total. The van der Waals surface area contributed by atoms with Crippen LogP contribution < -0.4 is 5.32 Å². The standard InChI is InChI=1S/C15H20N2O/c1-4-13(10(2)3)17-15(18)12-6-5-7-14-11(12)8-9-16-14/h5-10,13,16H,4H2,1-3H3,(H,17,18). The van der Waals surface area contributed by atoms with Gasteiger partial charge in [0.25, 0.3) is 5.91 Å². The van der Waals surface area contributed by atoms with Gasteiger partial charge in [0.15, 0.2) is 0 Å². The Morgan fingerprint density at radius 1 is 1.33 bits per heavy atom. The Hall–Kier alpha value is -1.77. The second-order valence-electron chi connectivity index (χ2n) is 4.98. The summed E-state index contributed by atoms with van der Waals surface area (Å²) in [5.74, 6) is 0.463. The van der Waals surface area contributed by atoms with Gasteiger partial charge in [0.1, 0.15) is 0 Å². The summed E-state index contributed by atoms with van der Waals surface area (Å²) < 4.78 is 0. The van der Waals surface area contributed by atoms with Crippen LogP contribution in [-0.2, 0) is 0 Å². The van der Waals surface area contributed by atoms with Gasteiger partial charge < -0.3 is 10.3 Å². The van der Waals surface area contributed by atoms with E-state index in [-0.39, 0.29) is 11.9 Å². The molecule has 0 aliphatic rings. The molecule has 1 atom stereocenters. The van der Waals surface area contributed by atoms with E-state index in [0.717, 1.165) is 22.9 Å². The second-order valence-corrected chi connectivity index (χ2v) is 4.98. The molecule has 0 saturated carbocycles. The van der Waals surface area contributed by atoms with Crippen LogP contribution in [0.2, 0.25) is 0 Å². The average Bonchev–Trinajstić information content (AvgIpc) is 2.82. The molecule has 2 rings (SSSR count). The first-order valence-electron chi connectivity index (χ1n) is 6.50. The fraction of sp³-hybridized carbons (Fsp3) is 0.400. The molecule has 0 fully saturated rings. The van der Waals surface area contributed by atoms with Crippen molar-refractivity contribution in [2.45, 2.75) is 33.2 Å². The maximum absolute atomic E-state index is 12.3. The molecule has 1 heterocycles. The van der Waals surface area contributed by atoms with Crippen molar-refractivity contribution in [3.8, 4) is 0 Å². The van der Waals surface area contributed by atoms with Crippen LogP contribution in [0, 0.1) is 5.92 Å². The molecule has 96 valence electrons. The third-order valence-corrected chi connectivity index (χ3v) is 3.40. The molecule has 3 heteroatoms. The van der Waals surface area contributed by atoms with Crippen molar-refractivity contribution in [2.75, 3.05) is 0 Å². The number of aromatic nitrogens is 1. The molecule has 2 aromatic rings. The number of benzene rings is 1. The zero-order chi connectivity index (χ0) is 13.1. The Morgan fingerprint density at radius 2 is 2.11 bits per heavy atom. The lowest BCUT2D eigenvalue weighted by molar-refractivity contribution is 0.0926. The van der Waals surface area contributed by atoms with Gasteiger partial charge in [-0.05, 0) is 30.5 Å². The smallest absolute Gasteiger partial charge is 0.252 e. The van der Waals surface area contributed by atoms with Crippen LogP contribution in [-0.4, -0.2) is 16.9 Å². The molecule has 3 nitrogen and oxygen atoms in total. The second kappa shape index (κ2) is 5.25. The molecule has 0 bridgehead atoms. The van der Waals surface area contributed by atoms with Crippen molar-refractivity contribution < 1.29 is 4.79 Å². The fourth-order valence-corrected chi connectivity index (χ4v) is 2.27. The molecule has 1 amide bonds. The zero-order valence-corrected chi connectivity index (χ0v) is 11.2. The Labute approximate surface area is 108 Å². The van der Waals surface area contributed by atoms with Gasteiger partial charge in [-0.3, -0.25) is 4.79 Å². The number of fused-ring (bicyclic) bond motifs is 1. The number of aromatic amines is 1. The van der Waals surface area contributed by atoms with Gasteiger partial charge in [-0.1, -0.05) is 26.8 Å². The third kappa shape index (κ3) is 2.40. The Kier molecular flexibility index (Phi) is 3.70. The predicted octanol–water partition coefficient (Wildman–Crippen LogP) is 3.33. The van der Waals surface area contributed by atoms with Crippen molar-refractivity contribution in [3.05, 3.63) is 36.0 Å². The van der Waals surface area contributed by atoms with E-state index >= 15 is 0 Å². The average molecular weight is 244 g/mol. The number of H-pyrrole nitrogens is 1. The Bertz CT molecular complexity index is 542. The fourth-order valence-electron chi connectivity index (χ4n) is 2.27. The number of hydrogen-bond donors (Lipinski definition) is 2. The highest BCUT2D eigenvalue weighted by Gasteiger charge is 2.16. The number of amides is 1. The minimum absolute atomic E-state index is 0.0146. The highest BCUT2D eigenvalue weighted by molar-refractivity contribution is 6.06. The molecule has 0 saturated heterocycles. The van der Waals surface area contributed by atoms with Crippen molar-refractivity contribution in [3.63, 3.8) is 0 Å². The van der Waals surface area contributed by atoms with E-state index in [1.165, 1.54) is 0 Å². The van der Waals surface area contributed by atoms with E-state index in [1.54, 1.807) is 0 Å². The van der Waals surface area contributed by atoms with Crippen LogP contribution in [0.1, 0.15) is 37.6 Å². The lowest BCUT2D eigenvalue weighted by Gasteiger charge is -2.20. The van der Waals surface area contributed by atoms with Gasteiger partial charge in [0.2, 0.25) is 0 Å². The number of nitrogens with one attached hydrogen (secondary N) is 2. The van der Waals surface area contributed by atoms with Crippen molar-refractivity contribution in [1.29, 1.82) is 0 Å². The predicted molar refractivity (Wildman–Crippen MR) is 74.7 cm³/mol. The minimum atomic E-state index is 0.0146. The highest BCUT2D eigenvalue weighted by atomic mass is 16.1. The van der Waals surface area contributed by atoms with Crippen molar-refractivity contribution >= 4 is 16.8 Å². The summed E-state index contributed by atoms with van der Waals surface area (Å²) in [7, 11) is 0. The van der Waals surface area contributed by atoms with Crippen LogP contribution in [0.5, 0.6) is 0 Å². The SMILES string of the molecule is CCC(NC(=O)c1cccc2[nH]ccc12)C(C)C. The number of carbonyl (C=O) groups is 1. The lowest BCUT2D eigenvalue weighted by atomic mass is 10.0. The first kappa shape index (κ1) is 12.7. The molecule has 1 aromatic carbocycles.